The third kappa shape index (κ3) is 11.5. The highest BCUT2D eigenvalue weighted by molar-refractivity contribution is 5.77. The number of piperidine rings is 2. The number of piperazine rings is 1. The molecule has 4 fully saturated rings. The molecule has 2 aromatic heterocycles. The van der Waals surface area contributed by atoms with Crippen molar-refractivity contribution in [2.24, 2.45) is 11.8 Å². The van der Waals surface area contributed by atoms with Crippen LogP contribution in [0.4, 0.5) is 26.6 Å². The predicted molar refractivity (Wildman–Crippen MR) is 193 cm³/mol. The summed E-state index contributed by atoms with van der Waals surface area (Å²) in [6.45, 7) is 12.4. The molecule has 2 N–H and O–H groups in total. The van der Waals surface area contributed by atoms with Crippen LogP contribution in [0.15, 0.2) is 18.3 Å². The van der Waals surface area contributed by atoms with Gasteiger partial charge in [0.2, 0.25) is 23.8 Å². The Hall–Kier alpha value is -3.93. The second-order valence-electron chi connectivity index (χ2n) is 13.9. The van der Waals surface area contributed by atoms with E-state index in [1.54, 1.807) is 11.0 Å². The summed E-state index contributed by atoms with van der Waals surface area (Å²) >= 11 is 0. The molecule has 52 heavy (non-hydrogen) atoms. The van der Waals surface area contributed by atoms with Crippen molar-refractivity contribution in [3.05, 3.63) is 24.0 Å². The maximum atomic E-state index is 13.8. The van der Waals surface area contributed by atoms with Crippen molar-refractivity contribution in [3.8, 4) is 11.4 Å². The molecule has 4 aliphatic rings. The van der Waals surface area contributed by atoms with Gasteiger partial charge in [0.05, 0.1) is 25.4 Å². The molecule has 2 aromatic rings. The van der Waals surface area contributed by atoms with Gasteiger partial charge in [0, 0.05) is 52.0 Å². The first kappa shape index (κ1) is 39.3. The fourth-order valence-corrected chi connectivity index (χ4v) is 6.57. The topological polar surface area (TPSA) is 159 Å². The van der Waals surface area contributed by atoms with E-state index < -0.39 is 12.1 Å². The number of likely N-dealkylation sites (tertiary alicyclic amines) is 2. The summed E-state index contributed by atoms with van der Waals surface area (Å²) in [5.41, 5.74) is 5.03. The SMILES string of the molecule is CC1CCN(C/C=C/C=O)CC1.CN1CCC(COCC(=O)N2CCN(c3nc(-c4cnc(N)nc4C(F)F)nc(N4CCOCC4)n3)CC2)CC1. The van der Waals surface area contributed by atoms with Gasteiger partial charge in [0.15, 0.2) is 5.82 Å². The fraction of sp³-hybridized carbons (Fsp3) is 0.686. The Morgan fingerprint density at radius 3 is 2.23 bits per heavy atom. The molecule has 0 aromatic carbocycles. The summed E-state index contributed by atoms with van der Waals surface area (Å²) in [7, 11) is 2.12. The van der Waals surface area contributed by atoms with Crippen LogP contribution in [0.3, 0.4) is 0 Å². The molecule has 0 saturated carbocycles. The van der Waals surface area contributed by atoms with E-state index >= 15 is 0 Å². The van der Waals surface area contributed by atoms with E-state index in [4.69, 9.17) is 15.2 Å². The second kappa shape index (κ2) is 19.8. The number of carbonyl (C=O) groups is 2. The zero-order valence-corrected chi connectivity index (χ0v) is 30.4. The Kier molecular flexibility index (Phi) is 14.9. The smallest absolute Gasteiger partial charge is 0.281 e. The molecule has 4 saturated heterocycles. The molecule has 1 amide bonds. The first-order valence-electron chi connectivity index (χ1n) is 18.3. The number of hydrogen-bond donors (Lipinski definition) is 1. The van der Waals surface area contributed by atoms with E-state index in [1.807, 2.05) is 15.9 Å². The number of hydrogen-bond acceptors (Lipinski definition) is 14. The van der Waals surface area contributed by atoms with Crippen LogP contribution in [0, 0.1) is 11.8 Å². The van der Waals surface area contributed by atoms with E-state index in [0.29, 0.717) is 76.9 Å². The average molecular weight is 730 g/mol. The number of amides is 1. The number of morpholine rings is 1. The van der Waals surface area contributed by atoms with Crippen molar-refractivity contribution in [1.29, 1.82) is 0 Å². The number of nitrogens with zero attached hydrogens (tertiary/aromatic N) is 10. The molecule has 0 spiro atoms. The molecule has 17 heteroatoms. The van der Waals surface area contributed by atoms with Crippen LogP contribution in [-0.2, 0) is 19.1 Å². The zero-order valence-electron chi connectivity index (χ0n) is 30.4. The highest BCUT2D eigenvalue weighted by Gasteiger charge is 2.28. The van der Waals surface area contributed by atoms with Crippen LogP contribution in [0.1, 0.15) is 44.7 Å². The molecule has 6 rings (SSSR count). The number of ether oxygens (including phenoxy) is 2. The third-order valence-electron chi connectivity index (χ3n) is 9.98. The Bertz CT molecular complexity index is 1460. The molecule has 0 radical (unpaired) electrons. The zero-order chi connectivity index (χ0) is 36.9. The van der Waals surface area contributed by atoms with Crippen LogP contribution >= 0.6 is 0 Å². The molecular weight excluding hydrogens is 676 g/mol. The normalized spacial score (nSPS) is 20.0. The van der Waals surface area contributed by atoms with Crippen LogP contribution < -0.4 is 15.5 Å². The number of alkyl halides is 2. The third-order valence-corrected chi connectivity index (χ3v) is 9.98. The predicted octanol–water partition coefficient (Wildman–Crippen LogP) is 2.17. The minimum absolute atomic E-state index is 0.00191. The van der Waals surface area contributed by atoms with Gasteiger partial charge in [0.1, 0.15) is 18.6 Å². The number of carbonyl (C=O) groups excluding carboxylic acids is 2. The van der Waals surface area contributed by atoms with Gasteiger partial charge in [-0.3, -0.25) is 14.5 Å². The average Bonchev–Trinajstić information content (AvgIpc) is 3.17. The maximum absolute atomic E-state index is 13.8. The fourth-order valence-electron chi connectivity index (χ4n) is 6.57. The Morgan fingerprint density at radius 2 is 1.60 bits per heavy atom. The highest BCUT2D eigenvalue weighted by Crippen LogP contribution is 2.30. The van der Waals surface area contributed by atoms with E-state index in [1.165, 1.54) is 32.1 Å². The number of nitrogen functional groups attached to an aromatic ring is 1. The highest BCUT2D eigenvalue weighted by atomic mass is 19.3. The summed E-state index contributed by atoms with van der Waals surface area (Å²) in [6.07, 6.45) is 7.46. The molecule has 0 aliphatic carbocycles. The molecule has 4 aliphatic heterocycles. The minimum Gasteiger partial charge on any atom is -0.378 e. The van der Waals surface area contributed by atoms with Gasteiger partial charge in [-0.05, 0) is 76.8 Å². The second-order valence-corrected chi connectivity index (χ2v) is 13.9. The van der Waals surface area contributed by atoms with E-state index in [-0.39, 0.29) is 29.9 Å². The van der Waals surface area contributed by atoms with Crippen LogP contribution in [0.2, 0.25) is 0 Å². The van der Waals surface area contributed by atoms with Gasteiger partial charge < -0.3 is 34.8 Å². The first-order chi connectivity index (χ1) is 25.2. The van der Waals surface area contributed by atoms with Gasteiger partial charge in [0.25, 0.3) is 6.43 Å². The van der Waals surface area contributed by atoms with Crippen molar-refractivity contribution >= 4 is 30.0 Å². The summed E-state index contributed by atoms with van der Waals surface area (Å²) in [4.78, 5) is 54.4. The first-order valence-corrected chi connectivity index (χ1v) is 18.3. The molecule has 286 valence electrons. The van der Waals surface area contributed by atoms with Crippen LogP contribution in [-0.4, -0.2) is 157 Å². The van der Waals surface area contributed by atoms with Gasteiger partial charge in [-0.1, -0.05) is 13.0 Å². The largest absolute Gasteiger partial charge is 0.378 e. The standard InChI is InChI=1S/C25H36F2N10O3.C10H17NO/c1-34-4-2-17(3-5-34)15-40-16-19(38)35-6-8-36(9-7-35)24-31-22(18-14-29-23(28)30-20(18)21(26)27)32-25(33-24)37-10-12-39-13-11-37;1-10-4-7-11(8-5-10)6-2-3-9-12/h14,17,21H,2-13,15-16H2,1H3,(H2,28,29,30);2-3,9-10H,4-8H2,1H3/b;3-2+. The van der Waals surface area contributed by atoms with Gasteiger partial charge in [-0.2, -0.15) is 15.0 Å². The molecule has 0 unspecified atom stereocenters. The van der Waals surface area contributed by atoms with Crippen LogP contribution in [0.5, 0.6) is 0 Å². The number of aldehydes is 1. The van der Waals surface area contributed by atoms with E-state index in [0.717, 1.165) is 44.7 Å². The van der Waals surface area contributed by atoms with Gasteiger partial charge in [-0.25, -0.2) is 18.7 Å². The monoisotopic (exact) mass is 729 g/mol. The number of anilines is 3. The number of allylic oxidation sites excluding steroid dienone is 1. The summed E-state index contributed by atoms with van der Waals surface area (Å²) in [5.74, 6) is 1.84. The van der Waals surface area contributed by atoms with Crippen molar-refractivity contribution < 1.29 is 27.8 Å². The number of aromatic nitrogens is 5. The van der Waals surface area contributed by atoms with Crippen LogP contribution in [0.25, 0.3) is 11.4 Å². The Balaban J connectivity index is 0.000000370. The lowest BCUT2D eigenvalue weighted by Gasteiger charge is -2.35. The lowest BCUT2D eigenvalue weighted by atomic mass is 9.98. The molecule has 15 nitrogen and oxygen atoms in total. The Morgan fingerprint density at radius 1 is 0.942 bits per heavy atom. The van der Waals surface area contributed by atoms with Crippen molar-refractivity contribution in [3.63, 3.8) is 0 Å². The number of rotatable bonds is 11. The Labute approximate surface area is 304 Å². The van der Waals surface area contributed by atoms with Crippen molar-refractivity contribution in [2.45, 2.75) is 39.0 Å². The molecular formula is C35H53F2N11O4. The molecule has 6 heterocycles. The summed E-state index contributed by atoms with van der Waals surface area (Å²) in [6, 6.07) is 0. The minimum atomic E-state index is -2.89. The van der Waals surface area contributed by atoms with Gasteiger partial charge in [-0.15, -0.1) is 0 Å². The number of halogens is 2. The van der Waals surface area contributed by atoms with Gasteiger partial charge >= 0.3 is 0 Å². The summed E-state index contributed by atoms with van der Waals surface area (Å²) in [5, 5.41) is 0. The van der Waals surface area contributed by atoms with Crippen molar-refractivity contribution in [2.75, 3.05) is 121 Å². The van der Waals surface area contributed by atoms with E-state index in [2.05, 4.69) is 48.7 Å². The molecule has 0 atom stereocenters. The lowest BCUT2D eigenvalue weighted by Crippen LogP contribution is -2.50. The lowest BCUT2D eigenvalue weighted by molar-refractivity contribution is -0.137. The molecule has 0 bridgehead atoms. The maximum Gasteiger partial charge on any atom is 0.281 e. The summed E-state index contributed by atoms with van der Waals surface area (Å²) < 4.78 is 38.9. The van der Waals surface area contributed by atoms with E-state index in [9.17, 15) is 18.4 Å². The van der Waals surface area contributed by atoms with Crippen molar-refractivity contribution in [1.82, 2.24) is 39.6 Å². The number of nitrogens with two attached hydrogens (primary N) is 1. The quantitative estimate of drug-likeness (QED) is 0.265.